The van der Waals surface area contributed by atoms with Gasteiger partial charge < -0.3 is 19.8 Å². The second-order valence-corrected chi connectivity index (χ2v) is 12.8. The molecular weight excluding hydrogens is 628 g/mol. The molecule has 48 heavy (non-hydrogen) atoms. The van der Waals surface area contributed by atoms with E-state index in [9.17, 15) is 24.2 Å². The number of likely N-dealkylation sites (tertiary alicyclic amines) is 1. The summed E-state index contributed by atoms with van der Waals surface area (Å²) in [5, 5.41) is 19.3. The number of carbonyl (C=O) groups is 2. The van der Waals surface area contributed by atoms with Crippen molar-refractivity contribution in [1.82, 2.24) is 4.90 Å². The number of anilines is 2. The normalized spacial score (nSPS) is 15.0. The molecule has 262 valence electrons. The van der Waals surface area contributed by atoms with E-state index in [1.54, 1.807) is 13.0 Å². The van der Waals surface area contributed by atoms with Gasteiger partial charge in [0.1, 0.15) is 30.1 Å². The number of benzene rings is 3. The fourth-order valence-electron chi connectivity index (χ4n) is 6.08. The van der Waals surface area contributed by atoms with E-state index >= 15 is 0 Å². The van der Waals surface area contributed by atoms with Gasteiger partial charge in [0.2, 0.25) is 0 Å². The molecule has 2 aliphatic rings. The lowest BCUT2D eigenvalue weighted by atomic mass is 9.99. The molecule has 3 aromatic carbocycles. The highest BCUT2D eigenvalue weighted by Gasteiger charge is 2.25. The second-order valence-electron chi connectivity index (χ2n) is 11.9. The summed E-state index contributed by atoms with van der Waals surface area (Å²) in [6.45, 7) is 7.02. The van der Waals surface area contributed by atoms with Crippen LogP contribution in [0.2, 0.25) is 0 Å². The summed E-state index contributed by atoms with van der Waals surface area (Å²) in [5.41, 5.74) is 2.89. The Bertz CT molecular complexity index is 1410. The fraction of sp³-hybridized carbons (Fsp3) is 0.487. The Morgan fingerprint density at radius 3 is 2.10 bits per heavy atom. The van der Waals surface area contributed by atoms with Crippen molar-refractivity contribution in [2.75, 3.05) is 50.5 Å². The van der Waals surface area contributed by atoms with Crippen LogP contribution in [0, 0.1) is 5.82 Å². The highest BCUT2D eigenvalue weighted by Crippen LogP contribution is 2.43. The number of hydrogen-bond acceptors (Lipinski definition) is 8. The average Bonchev–Trinajstić information content (AvgIpc) is 3.13. The number of ether oxygens (including phenoxy) is 1. The minimum Gasteiger partial charge on any atom is -0.490 e. The fourth-order valence-corrected chi connectivity index (χ4v) is 6.69. The van der Waals surface area contributed by atoms with Crippen LogP contribution in [0.15, 0.2) is 65.6 Å². The van der Waals surface area contributed by atoms with Gasteiger partial charge in [-0.2, -0.15) is 0 Å². The van der Waals surface area contributed by atoms with Crippen molar-refractivity contribution in [3.05, 3.63) is 72.0 Å². The molecule has 1 saturated heterocycles. The molecular formula is C39H53FN2O5S. The number of nitrogens with zero attached hydrogens (tertiary/aromatic N) is 2. The number of piperidine rings is 1. The first-order chi connectivity index (χ1) is 23.3. The summed E-state index contributed by atoms with van der Waals surface area (Å²) in [4.78, 5) is 28.9. The van der Waals surface area contributed by atoms with Gasteiger partial charge in [-0.1, -0.05) is 76.6 Å². The van der Waals surface area contributed by atoms with E-state index in [-0.39, 0.29) is 24.1 Å². The maximum Gasteiger partial charge on any atom is 0.191 e. The summed E-state index contributed by atoms with van der Waals surface area (Å²) >= 11 is 1.53. The Kier molecular flexibility index (Phi) is 17.1. The van der Waals surface area contributed by atoms with Gasteiger partial charge >= 0.3 is 0 Å². The molecule has 3 aromatic rings. The van der Waals surface area contributed by atoms with Gasteiger partial charge in [0.25, 0.3) is 0 Å². The van der Waals surface area contributed by atoms with E-state index in [2.05, 4.69) is 4.90 Å². The molecule has 0 spiro atoms. The Morgan fingerprint density at radius 1 is 0.938 bits per heavy atom. The molecule has 1 saturated carbocycles. The minimum atomic E-state index is -0.787. The van der Waals surface area contributed by atoms with Crippen molar-refractivity contribution in [3.8, 4) is 16.9 Å². The van der Waals surface area contributed by atoms with Crippen LogP contribution >= 0.6 is 11.8 Å². The van der Waals surface area contributed by atoms with Gasteiger partial charge in [-0.05, 0) is 61.9 Å². The Labute approximate surface area is 290 Å². The van der Waals surface area contributed by atoms with Crippen molar-refractivity contribution >= 4 is 34.7 Å². The van der Waals surface area contributed by atoms with Crippen molar-refractivity contribution in [2.24, 2.45) is 0 Å². The third-order valence-electron chi connectivity index (χ3n) is 8.46. The molecule has 1 aliphatic carbocycles. The first-order valence-corrected chi connectivity index (χ1v) is 18.5. The number of rotatable bonds is 12. The zero-order valence-electron chi connectivity index (χ0n) is 29.1. The molecule has 1 aliphatic heterocycles. The minimum absolute atomic E-state index is 0.0557. The largest absolute Gasteiger partial charge is 0.490 e. The zero-order valence-corrected chi connectivity index (χ0v) is 29.9. The molecule has 9 heteroatoms. The highest BCUT2D eigenvalue weighted by atomic mass is 32.2. The Balaban J connectivity index is 0.000000692. The van der Waals surface area contributed by atoms with E-state index in [1.807, 2.05) is 67.5 Å². The number of para-hydroxylation sites is 1. The molecule has 7 nitrogen and oxygen atoms in total. The summed E-state index contributed by atoms with van der Waals surface area (Å²) in [5.74, 6) is -0.679. The molecule has 0 unspecified atom stereocenters. The SMILES string of the molecule is C1CCCCC1.CC.CSc1cc(-c2ccc(F)c(C(=O)CO)c2)c(OC2CCN(CC(C)=O)CC2)cc1N(CCO)c1ccccc1. The summed E-state index contributed by atoms with van der Waals surface area (Å²) in [7, 11) is 0. The van der Waals surface area contributed by atoms with Crippen LogP contribution < -0.4 is 9.64 Å². The van der Waals surface area contributed by atoms with Crippen LogP contribution in [0.1, 0.15) is 82.5 Å². The van der Waals surface area contributed by atoms with Crippen molar-refractivity contribution in [2.45, 2.75) is 83.1 Å². The van der Waals surface area contributed by atoms with E-state index in [0.29, 0.717) is 30.0 Å². The summed E-state index contributed by atoms with van der Waals surface area (Å²) in [6.07, 6.45) is 12.3. The average molecular weight is 681 g/mol. The number of aliphatic hydroxyl groups is 2. The number of Topliss-reactive ketones (excluding diaryl/α,β-unsaturated/α-hetero) is 2. The van der Waals surface area contributed by atoms with Crippen LogP contribution in [0.25, 0.3) is 11.1 Å². The molecule has 0 bridgehead atoms. The van der Waals surface area contributed by atoms with Crippen LogP contribution in [0.4, 0.5) is 15.8 Å². The van der Waals surface area contributed by atoms with Crippen LogP contribution in [0.5, 0.6) is 5.75 Å². The lowest BCUT2D eigenvalue weighted by molar-refractivity contribution is -0.118. The van der Waals surface area contributed by atoms with Gasteiger partial charge in [0, 0.05) is 41.8 Å². The maximum atomic E-state index is 14.5. The second kappa shape index (κ2) is 21.0. The monoisotopic (exact) mass is 680 g/mol. The van der Waals surface area contributed by atoms with Crippen molar-refractivity contribution in [1.29, 1.82) is 0 Å². The number of aliphatic hydroxyl groups excluding tert-OH is 2. The maximum absolute atomic E-state index is 14.5. The third-order valence-corrected chi connectivity index (χ3v) is 9.23. The van der Waals surface area contributed by atoms with Gasteiger partial charge in [-0.15, -0.1) is 11.8 Å². The topological polar surface area (TPSA) is 90.3 Å². The van der Waals surface area contributed by atoms with Crippen LogP contribution in [0.3, 0.4) is 0 Å². The standard InChI is InChI=1S/C31H35FN2O5S.C6H12.C2H6/c1-21(37)19-33-12-10-24(11-13-33)39-30-18-28(34(14-15-35)23-6-4-3-5-7-23)31(40-2)17-25(30)22-8-9-27(32)26(16-22)29(38)20-36;1-2-4-6-5-3-1;1-2/h3-9,16-18,24,35-36H,10-15,19-20H2,1-2H3;1-6H2;1-2H3. The smallest absolute Gasteiger partial charge is 0.191 e. The Hall–Kier alpha value is -3.24. The molecule has 0 radical (unpaired) electrons. The lowest BCUT2D eigenvalue weighted by Gasteiger charge is -2.33. The van der Waals surface area contributed by atoms with E-state index < -0.39 is 18.2 Å². The summed E-state index contributed by atoms with van der Waals surface area (Å²) < 4.78 is 21.1. The molecule has 0 amide bonds. The van der Waals surface area contributed by atoms with Gasteiger partial charge in [-0.3, -0.25) is 14.5 Å². The first kappa shape index (κ1) is 39.2. The number of hydrogen-bond donors (Lipinski definition) is 2. The predicted molar refractivity (Wildman–Crippen MR) is 195 cm³/mol. The molecule has 0 aromatic heterocycles. The quantitative estimate of drug-likeness (QED) is 0.146. The molecule has 0 atom stereocenters. The van der Waals surface area contributed by atoms with Crippen molar-refractivity contribution in [3.63, 3.8) is 0 Å². The van der Waals surface area contributed by atoms with Crippen molar-refractivity contribution < 1.29 is 28.9 Å². The van der Waals surface area contributed by atoms with E-state index in [4.69, 9.17) is 4.74 Å². The summed E-state index contributed by atoms with van der Waals surface area (Å²) in [6, 6.07) is 18.0. The third kappa shape index (κ3) is 11.4. The van der Waals surface area contributed by atoms with Crippen LogP contribution in [-0.4, -0.2) is 78.4 Å². The van der Waals surface area contributed by atoms with Crippen LogP contribution in [-0.2, 0) is 4.79 Å². The van der Waals surface area contributed by atoms with Gasteiger partial charge in [0.15, 0.2) is 5.78 Å². The predicted octanol–water partition coefficient (Wildman–Crippen LogP) is 8.32. The first-order valence-electron chi connectivity index (χ1n) is 17.3. The number of carbonyl (C=O) groups excluding carboxylic acids is 2. The van der Waals surface area contributed by atoms with Gasteiger partial charge in [0.05, 0.1) is 24.4 Å². The Morgan fingerprint density at radius 2 is 1.56 bits per heavy atom. The highest BCUT2D eigenvalue weighted by molar-refractivity contribution is 7.98. The zero-order chi connectivity index (χ0) is 34.9. The molecule has 5 rings (SSSR count). The lowest BCUT2D eigenvalue weighted by Crippen LogP contribution is -2.40. The van der Waals surface area contributed by atoms with E-state index in [1.165, 1.54) is 62.4 Å². The number of thioether (sulfide) groups is 1. The number of halogens is 1. The molecule has 2 fully saturated rings. The van der Waals surface area contributed by atoms with E-state index in [0.717, 1.165) is 42.2 Å². The molecule has 1 heterocycles. The van der Waals surface area contributed by atoms with Gasteiger partial charge in [-0.25, -0.2) is 4.39 Å². The molecule has 2 N–H and O–H groups in total. The number of ketones is 2.